The Morgan fingerprint density at radius 1 is 1.09 bits per heavy atom. The Morgan fingerprint density at radius 2 is 1.73 bits per heavy atom. The predicted octanol–water partition coefficient (Wildman–Crippen LogP) is 6.83. The summed E-state index contributed by atoms with van der Waals surface area (Å²) in [6.07, 6.45) is 4.73. The maximum absolute atomic E-state index is 11.0. The van der Waals surface area contributed by atoms with E-state index in [4.69, 9.17) is 22.1 Å². The minimum absolute atomic E-state index is 0.174. The number of ether oxygens (including phenoxy) is 1. The van der Waals surface area contributed by atoms with Gasteiger partial charge in [0.05, 0.1) is 11.5 Å². The minimum atomic E-state index is -1.07. The van der Waals surface area contributed by atoms with Crippen molar-refractivity contribution in [2.75, 3.05) is 11.9 Å². The molecule has 0 aliphatic heterocycles. The number of hydrogen-bond acceptors (Lipinski definition) is 6. The van der Waals surface area contributed by atoms with E-state index in [1.54, 1.807) is 0 Å². The molecule has 2 aromatic carbocycles. The van der Waals surface area contributed by atoms with Gasteiger partial charge in [-0.3, -0.25) is 9.36 Å². The lowest BCUT2D eigenvalue weighted by molar-refractivity contribution is -0.137. The molecule has 0 unspecified atom stereocenters. The van der Waals surface area contributed by atoms with Gasteiger partial charge in [-0.15, -0.1) is 11.3 Å². The van der Waals surface area contributed by atoms with Crippen LogP contribution in [0, 0.1) is 3.95 Å². The van der Waals surface area contributed by atoms with Crippen LogP contribution in [0.25, 0.3) is 5.57 Å². The molecule has 0 atom stereocenters. The first-order chi connectivity index (χ1) is 15.9. The lowest BCUT2D eigenvalue weighted by Gasteiger charge is -2.10. The van der Waals surface area contributed by atoms with Crippen molar-refractivity contribution < 1.29 is 19.7 Å². The molecule has 1 heterocycles. The second-order valence-electron chi connectivity index (χ2n) is 7.61. The molecule has 1 aromatic heterocycles. The van der Waals surface area contributed by atoms with E-state index in [2.05, 4.69) is 18.8 Å². The van der Waals surface area contributed by atoms with Gasteiger partial charge in [-0.25, -0.2) is 0 Å². The largest absolute Gasteiger partial charge is 0.494 e. The SMILES string of the molecule is C=C(c1ccc(Nc2ccc(OCCCCCC)cc2)cc1)c1sc(=S)n(CC(=O)O)c1O. The highest BCUT2D eigenvalue weighted by Gasteiger charge is 2.17. The number of carbonyl (C=O) groups is 1. The summed E-state index contributed by atoms with van der Waals surface area (Å²) < 4.78 is 7.27. The van der Waals surface area contributed by atoms with Crippen molar-refractivity contribution in [3.05, 3.63) is 69.5 Å². The van der Waals surface area contributed by atoms with Crippen LogP contribution in [-0.4, -0.2) is 27.4 Å². The highest BCUT2D eigenvalue weighted by molar-refractivity contribution is 7.73. The molecule has 0 bridgehead atoms. The van der Waals surface area contributed by atoms with Gasteiger partial charge in [-0.1, -0.05) is 44.9 Å². The van der Waals surface area contributed by atoms with Crippen molar-refractivity contribution >= 4 is 46.5 Å². The number of thiazole rings is 1. The Bertz CT molecular complexity index is 1150. The van der Waals surface area contributed by atoms with Gasteiger partial charge in [-0.05, 0) is 66.2 Å². The maximum atomic E-state index is 11.0. The topological polar surface area (TPSA) is 83.7 Å². The number of carboxylic acid groups (broad SMARTS) is 1. The Balaban J connectivity index is 1.61. The molecule has 0 aliphatic carbocycles. The number of aromatic nitrogens is 1. The summed E-state index contributed by atoms with van der Waals surface area (Å²) in [5, 5.41) is 22.8. The molecule has 0 saturated heterocycles. The second-order valence-corrected chi connectivity index (χ2v) is 9.26. The number of carboxylic acids is 1. The fourth-order valence-electron chi connectivity index (χ4n) is 3.27. The quantitative estimate of drug-likeness (QED) is 0.193. The number of aliphatic carboxylic acids is 1. The Morgan fingerprint density at radius 3 is 2.33 bits per heavy atom. The van der Waals surface area contributed by atoms with E-state index in [0.29, 0.717) is 10.5 Å². The molecule has 33 heavy (non-hydrogen) atoms. The number of hydrogen-bond donors (Lipinski definition) is 3. The summed E-state index contributed by atoms with van der Waals surface area (Å²) in [6.45, 7) is 6.61. The Kier molecular flexibility index (Phi) is 8.68. The lowest BCUT2D eigenvalue weighted by Crippen LogP contribution is -2.08. The summed E-state index contributed by atoms with van der Waals surface area (Å²) in [4.78, 5) is 11.5. The second kappa shape index (κ2) is 11.7. The van der Waals surface area contributed by atoms with Gasteiger partial charge in [0.2, 0.25) is 5.88 Å². The van der Waals surface area contributed by atoms with Crippen molar-refractivity contribution in [2.24, 2.45) is 0 Å². The van der Waals surface area contributed by atoms with Crippen molar-refractivity contribution in [3.63, 3.8) is 0 Å². The van der Waals surface area contributed by atoms with E-state index >= 15 is 0 Å². The van der Waals surface area contributed by atoms with Crippen LogP contribution in [0.5, 0.6) is 11.6 Å². The van der Waals surface area contributed by atoms with E-state index in [1.807, 2.05) is 48.5 Å². The van der Waals surface area contributed by atoms with Crippen molar-refractivity contribution in [3.8, 4) is 11.6 Å². The summed E-state index contributed by atoms with van der Waals surface area (Å²) in [7, 11) is 0. The molecule has 0 spiro atoms. The van der Waals surface area contributed by atoms with Gasteiger partial charge in [-0.2, -0.15) is 0 Å². The summed E-state index contributed by atoms with van der Waals surface area (Å²) in [5.41, 5.74) is 3.24. The van der Waals surface area contributed by atoms with Crippen LogP contribution < -0.4 is 10.1 Å². The van der Waals surface area contributed by atoms with Gasteiger partial charge in [0, 0.05) is 11.4 Å². The highest BCUT2D eigenvalue weighted by Crippen LogP contribution is 2.35. The van der Waals surface area contributed by atoms with E-state index in [0.717, 1.165) is 47.1 Å². The Labute approximate surface area is 202 Å². The zero-order chi connectivity index (χ0) is 23.8. The number of anilines is 2. The molecule has 0 radical (unpaired) electrons. The monoisotopic (exact) mass is 484 g/mol. The standard InChI is InChI=1S/C25H28N2O4S2/c1-3-4-5-6-15-31-21-13-11-20(12-14-21)26-19-9-7-18(8-10-19)17(2)23-24(30)27(16-22(28)29)25(32)33-23/h7-14,26,30H,2-6,15-16H2,1H3,(H,28,29). The molecular formula is C25H28N2O4S2. The maximum Gasteiger partial charge on any atom is 0.323 e. The third-order valence-corrected chi connectivity index (χ3v) is 6.58. The number of nitrogens with one attached hydrogen (secondary N) is 1. The number of benzene rings is 2. The first-order valence-electron chi connectivity index (χ1n) is 10.8. The third-order valence-electron chi connectivity index (χ3n) is 5.08. The average molecular weight is 485 g/mol. The zero-order valence-electron chi connectivity index (χ0n) is 18.5. The molecule has 0 amide bonds. The molecule has 3 N–H and O–H groups in total. The lowest BCUT2D eigenvalue weighted by atomic mass is 10.1. The van der Waals surface area contributed by atoms with Gasteiger partial charge in [0.15, 0.2) is 3.95 Å². The van der Waals surface area contributed by atoms with Crippen LogP contribution >= 0.6 is 23.6 Å². The van der Waals surface area contributed by atoms with Crippen LogP contribution in [0.1, 0.15) is 43.0 Å². The Hall–Kier alpha value is -3.10. The van der Waals surface area contributed by atoms with Crippen molar-refractivity contribution in [1.82, 2.24) is 4.57 Å². The van der Waals surface area contributed by atoms with Crippen molar-refractivity contribution in [1.29, 1.82) is 0 Å². The number of rotatable bonds is 12. The molecule has 174 valence electrons. The fourth-order valence-corrected chi connectivity index (χ4v) is 4.55. The van der Waals surface area contributed by atoms with E-state index in [1.165, 1.54) is 23.8 Å². The molecule has 0 fully saturated rings. The molecule has 0 saturated carbocycles. The van der Waals surface area contributed by atoms with Gasteiger partial charge in [0.25, 0.3) is 0 Å². The average Bonchev–Trinajstić information content (AvgIpc) is 3.08. The first kappa shape index (κ1) is 24.5. The summed E-state index contributed by atoms with van der Waals surface area (Å²) >= 11 is 6.33. The van der Waals surface area contributed by atoms with E-state index < -0.39 is 5.97 Å². The summed E-state index contributed by atoms with van der Waals surface area (Å²) in [5.74, 6) is -0.383. The van der Waals surface area contributed by atoms with Crippen LogP contribution in [0.2, 0.25) is 0 Å². The van der Waals surface area contributed by atoms with Gasteiger partial charge >= 0.3 is 5.97 Å². The highest BCUT2D eigenvalue weighted by atomic mass is 32.1. The first-order valence-corrected chi connectivity index (χ1v) is 12.1. The molecule has 3 aromatic rings. The van der Waals surface area contributed by atoms with Gasteiger partial charge in [0.1, 0.15) is 12.3 Å². The number of aromatic hydroxyl groups is 1. The molecule has 0 aliphatic rings. The van der Waals surface area contributed by atoms with Crippen molar-refractivity contribution in [2.45, 2.75) is 39.2 Å². The smallest absolute Gasteiger partial charge is 0.323 e. The van der Waals surface area contributed by atoms with Crippen LogP contribution in [0.4, 0.5) is 11.4 Å². The van der Waals surface area contributed by atoms with Crippen LogP contribution in [0.15, 0.2) is 55.1 Å². The fraction of sp³-hybridized carbons (Fsp3) is 0.280. The zero-order valence-corrected chi connectivity index (χ0v) is 20.2. The number of nitrogens with zero attached hydrogens (tertiary/aromatic N) is 1. The van der Waals surface area contributed by atoms with Gasteiger partial charge < -0.3 is 20.3 Å². The normalized spacial score (nSPS) is 10.7. The van der Waals surface area contributed by atoms with Crippen LogP contribution in [-0.2, 0) is 11.3 Å². The summed E-state index contributed by atoms with van der Waals surface area (Å²) in [6, 6.07) is 15.5. The molecule has 8 heteroatoms. The predicted molar refractivity (Wildman–Crippen MR) is 136 cm³/mol. The minimum Gasteiger partial charge on any atom is -0.494 e. The molecule has 6 nitrogen and oxygen atoms in total. The molecule has 3 rings (SSSR count). The van der Waals surface area contributed by atoms with Crippen LogP contribution in [0.3, 0.4) is 0 Å². The van der Waals surface area contributed by atoms with E-state index in [9.17, 15) is 9.90 Å². The number of unbranched alkanes of at least 4 members (excludes halogenated alkanes) is 3. The molecular weight excluding hydrogens is 456 g/mol. The third kappa shape index (κ3) is 6.69. The van der Waals surface area contributed by atoms with E-state index in [-0.39, 0.29) is 16.4 Å².